The number of carbonyl (C=O) groups is 1. The third kappa shape index (κ3) is 2.42. The second kappa shape index (κ2) is 4.37. The first-order valence-corrected chi connectivity index (χ1v) is 4.67. The maximum absolute atomic E-state index is 13.0. The first kappa shape index (κ1) is 10.9. The average molecular weight is 259 g/mol. The molecule has 0 radical (unpaired) electrons. The highest BCUT2D eigenvalue weighted by Gasteiger charge is 2.11. The summed E-state index contributed by atoms with van der Waals surface area (Å²) in [7, 11) is 0. The van der Waals surface area contributed by atoms with Crippen molar-refractivity contribution in [2.75, 3.05) is 0 Å². The molecule has 0 aliphatic heterocycles. The number of rotatable bonds is 2. The minimum absolute atomic E-state index is 0.130. The van der Waals surface area contributed by atoms with Gasteiger partial charge in [0.1, 0.15) is 0 Å². The van der Waals surface area contributed by atoms with E-state index in [1.807, 2.05) is 0 Å². The van der Waals surface area contributed by atoms with E-state index < -0.39 is 11.8 Å². The highest BCUT2D eigenvalue weighted by Crippen LogP contribution is 2.21. The zero-order valence-corrected chi connectivity index (χ0v) is 9.01. The van der Waals surface area contributed by atoms with Gasteiger partial charge in [0.05, 0.1) is 0 Å². The Kier molecular flexibility index (Phi) is 3.41. The molecule has 0 heterocycles. The van der Waals surface area contributed by atoms with Crippen molar-refractivity contribution < 1.29 is 14.3 Å². The number of carboxylic acids is 1. The molecule has 0 amide bonds. The molecule has 14 heavy (non-hydrogen) atoms. The Morgan fingerprint density at radius 3 is 2.29 bits per heavy atom. The minimum atomic E-state index is -1.54. The Morgan fingerprint density at radius 2 is 1.86 bits per heavy atom. The second-order valence-electron chi connectivity index (χ2n) is 2.75. The minimum Gasteiger partial charge on any atom is -0.476 e. The summed E-state index contributed by atoms with van der Waals surface area (Å²) in [5.74, 6) is -2.65. The van der Waals surface area contributed by atoms with Crippen molar-refractivity contribution >= 4 is 27.5 Å². The number of halogens is 2. The van der Waals surface area contributed by atoms with Crippen LogP contribution in [-0.4, -0.2) is 11.1 Å². The quantitative estimate of drug-likeness (QED) is 0.828. The third-order valence-corrected chi connectivity index (χ3v) is 2.32. The van der Waals surface area contributed by atoms with Crippen LogP contribution < -0.4 is 0 Å². The number of carboxylic acid groups (broad SMARTS) is 1. The van der Waals surface area contributed by atoms with E-state index >= 15 is 0 Å². The molecule has 0 saturated heterocycles. The standard InChI is InChI=1S/C10H8BrFO2/c1-6(9(12)10(13)14)7-2-4-8(11)5-3-7/h2-5H,1H3,(H,13,14)/b9-6-. The van der Waals surface area contributed by atoms with Crippen LogP contribution in [-0.2, 0) is 4.79 Å². The van der Waals surface area contributed by atoms with E-state index in [0.29, 0.717) is 5.56 Å². The monoisotopic (exact) mass is 258 g/mol. The Balaban J connectivity index is 3.12. The number of benzene rings is 1. The lowest BCUT2D eigenvalue weighted by molar-refractivity contribution is -0.134. The number of aliphatic carboxylic acids is 1. The maximum Gasteiger partial charge on any atom is 0.365 e. The van der Waals surface area contributed by atoms with Crippen LogP contribution in [0.25, 0.3) is 5.57 Å². The van der Waals surface area contributed by atoms with Crippen molar-refractivity contribution in [3.63, 3.8) is 0 Å². The lowest BCUT2D eigenvalue weighted by atomic mass is 10.1. The summed E-state index contributed by atoms with van der Waals surface area (Å²) in [5, 5.41) is 8.43. The summed E-state index contributed by atoms with van der Waals surface area (Å²) in [5.41, 5.74) is 0.693. The van der Waals surface area contributed by atoms with Gasteiger partial charge in [-0.05, 0) is 30.2 Å². The second-order valence-corrected chi connectivity index (χ2v) is 3.67. The predicted molar refractivity (Wildman–Crippen MR) is 55.5 cm³/mol. The molecule has 0 aliphatic carbocycles. The molecule has 0 atom stereocenters. The Bertz CT molecular complexity index is 382. The summed E-state index contributed by atoms with van der Waals surface area (Å²) < 4.78 is 13.8. The van der Waals surface area contributed by atoms with E-state index in [2.05, 4.69) is 15.9 Å². The van der Waals surface area contributed by atoms with Gasteiger partial charge in [0.15, 0.2) is 0 Å². The van der Waals surface area contributed by atoms with Crippen LogP contribution in [0.2, 0.25) is 0 Å². The van der Waals surface area contributed by atoms with Gasteiger partial charge in [-0.2, -0.15) is 4.39 Å². The topological polar surface area (TPSA) is 37.3 Å². The first-order chi connectivity index (χ1) is 6.52. The molecule has 0 spiro atoms. The van der Waals surface area contributed by atoms with E-state index in [0.717, 1.165) is 4.47 Å². The van der Waals surface area contributed by atoms with Gasteiger partial charge in [-0.1, -0.05) is 28.1 Å². The SMILES string of the molecule is C/C(=C(/F)C(=O)O)c1ccc(Br)cc1. The summed E-state index contributed by atoms with van der Waals surface area (Å²) in [6.45, 7) is 1.44. The number of hydrogen-bond donors (Lipinski definition) is 1. The Labute approximate surface area is 89.2 Å². The summed E-state index contributed by atoms with van der Waals surface area (Å²) in [6.07, 6.45) is 0. The Hall–Kier alpha value is -1.16. The van der Waals surface area contributed by atoms with Gasteiger partial charge in [-0.15, -0.1) is 0 Å². The van der Waals surface area contributed by atoms with E-state index in [1.54, 1.807) is 24.3 Å². The summed E-state index contributed by atoms with van der Waals surface area (Å²) >= 11 is 3.23. The Morgan fingerprint density at radius 1 is 1.36 bits per heavy atom. The lowest BCUT2D eigenvalue weighted by Crippen LogP contribution is -1.97. The molecule has 2 nitrogen and oxygen atoms in total. The van der Waals surface area contributed by atoms with Crippen LogP contribution >= 0.6 is 15.9 Å². The molecule has 1 rings (SSSR count). The molecule has 1 aromatic rings. The molecule has 4 heteroatoms. The molecule has 1 aromatic carbocycles. The molecule has 0 unspecified atom stereocenters. The van der Waals surface area contributed by atoms with Gasteiger partial charge in [0, 0.05) is 4.47 Å². The van der Waals surface area contributed by atoms with Crippen LogP contribution in [0.3, 0.4) is 0 Å². The van der Waals surface area contributed by atoms with Gasteiger partial charge >= 0.3 is 5.97 Å². The zero-order valence-electron chi connectivity index (χ0n) is 7.42. The van der Waals surface area contributed by atoms with Crippen molar-refractivity contribution in [1.29, 1.82) is 0 Å². The average Bonchev–Trinajstić information content (AvgIpc) is 2.16. The van der Waals surface area contributed by atoms with Crippen LogP contribution in [0.1, 0.15) is 12.5 Å². The number of allylic oxidation sites excluding steroid dienone is 1. The molecule has 0 aliphatic rings. The molecule has 0 bridgehead atoms. The van der Waals surface area contributed by atoms with Gasteiger partial charge in [0.2, 0.25) is 5.83 Å². The van der Waals surface area contributed by atoms with Gasteiger partial charge < -0.3 is 5.11 Å². The molecular formula is C10H8BrFO2. The highest BCUT2D eigenvalue weighted by atomic mass is 79.9. The van der Waals surface area contributed by atoms with Crippen LogP contribution in [0.15, 0.2) is 34.6 Å². The fraction of sp³-hybridized carbons (Fsp3) is 0.100. The lowest BCUT2D eigenvalue weighted by Gasteiger charge is -2.01. The van der Waals surface area contributed by atoms with Gasteiger partial charge in [-0.3, -0.25) is 0 Å². The van der Waals surface area contributed by atoms with Crippen molar-refractivity contribution in [2.45, 2.75) is 6.92 Å². The smallest absolute Gasteiger partial charge is 0.365 e. The van der Waals surface area contributed by atoms with Crippen molar-refractivity contribution in [3.05, 3.63) is 40.1 Å². The van der Waals surface area contributed by atoms with Crippen molar-refractivity contribution in [3.8, 4) is 0 Å². The van der Waals surface area contributed by atoms with Gasteiger partial charge in [-0.25, -0.2) is 4.79 Å². The van der Waals surface area contributed by atoms with Gasteiger partial charge in [0.25, 0.3) is 0 Å². The van der Waals surface area contributed by atoms with E-state index in [4.69, 9.17) is 5.11 Å². The largest absolute Gasteiger partial charge is 0.476 e. The normalized spacial score (nSPS) is 12.2. The summed E-state index contributed by atoms with van der Waals surface area (Å²) in [6, 6.07) is 6.77. The molecule has 0 aromatic heterocycles. The molecular weight excluding hydrogens is 251 g/mol. The molecule has 1 N–H and O–H groups in total. The van der Waals surface area contributed by atoms with E-state index in [1.165, 1.54) is 6.92 Å². The van der Waals surface area contributed by atoms with E-state index in [-0.39, 0.29) is 5.57 Å². The fourth-order valence-electron chi connectivity index (χ4n) is 0.987. The maximum atomic E-state index is 13.0. The van der Waals surface area contributed by atoms with Crippen molar-refractivity contribution in [2.24, 2.45) is 0 Å². The highest BCUT2D eigenvalue weighted by molar-refractivity contribution is 9.10. The predicted octanol–water partition coefficient (Wildman–Crippen LogP) is 3.23. The zero-order chi connectivity index (χ0) is 10.7. The summed E-state index contributed by atoms with van der Waals surface area (Å²) in [4.78, 5) is 10.3. The van der Waals surface area contributed by atoms with Crippen LogP contribution in [0, 0.1) is 0 Å². The molecule has 0 saturated carbocycles. The van der Waals surface area contributed by atoms with Crippen LogP contribution in [0.4, 0.5) is 4.39 Å². The number of hydrogen-bond acceptors (Lipinski definition) is 1. The molecule has 74 valence electrons. The van der Waals surface area contributed by atoms with Crippen LogP contribution in [0.5, 0.6) is 0 Å². The first-order valence-electron chi connectivity index (χ1n) is 3.88. The molecule has 0 fully saturated rings. The fourth-order valence-corrected chi connectivity index (χ4v) is 1.25. The third-order valence-electron chi connectivity index (χ3n) is 1.79. The van der Waals surface area contributed by atoms with E-state index in [9.17, 15) is 9.18 Å². The van der Waals surface area contributed by atoms with Crippen molar-refractivity contribution in [1.82, 2.24) is 0 Å².